The number of carbonyl (C=O) groups is 2. The van der Waals surface area contributed by atoms with Crippen LogP contribution in [0.15, 0.2) is 72.9 Å². The zero-order chi connectivity index (χ0) is 57.0. The highest BCUT2D eigenvalue weighted by atomic mass is 32.1. The number of methoxy groups -OCH3 is 3. The maximum absolute atomic E-state index is 12.8. The van der Waals surface area contributed by atoms with Crippen LogP contribution < -0.4 is 39.4 Å². The van der Waals surface area contributed by atoms with Gasteiger partial charge in [0, 0.05) is 55.6 Å². The summed E-state index contributed by atoms with van der Waals surface area (Å²) in [5.74, 6) is 4.21. The lowest BCUT2D eigenvalue weighted by Crippen LogP contribution is -2.50. The molecule has 20 heteroatoms. The van der Waals surface area contributed by atoms with Crippen molar-refractivity contribution in [3.63, 3.8) is 0 Å². The highest BCUT2D eigenvalue weighted by Gasteiger charge is 2.56. The van der Waals surface area contributed by atoms with E-state index in [-0.39, 0.29) is 97.5 Å². The van der Waals surface area contributed by atoms with Crippen LogP contribution in [0.3, 0.4) is 0 Å². The van der Waals surface area contributed by atoms with Gasteiger partial charge in [-0.05, 0) is 126 Å². The summed E-state index contributed by atoms with van der Waals surface area (Å²) in [4.78, 5) is 32.2. The van der Waals surface area contributed by atoms with Crippen LogP contribution in [0.5, 0.6) is 34.5 Å². The zero-order valence-corrected chi connectivity index (χ0v) is 51.7. The van der Waals surface area contributed by atoms with Crippen molar-refractivity contribution in [2.24, 2.45) is 17.6 Å². The van der Waals surface area contributed by atoms with Crippen LogP contribution in [0.1, 0.15) is 99.6 Å². The fraction of sp³-hybridized carbons (Fsp3) is 0.581. The summed E-state index contributed by atoms with van der Waals surface area (Å²) < 4.78 is 47.4. The second-order valence-electron chi connectivity index (χ2n) is 24.4. The molecular weight excluding hydrogens is 1080 g/mol. The normalized spacial score (nSPS) is 29.2. The van der Waals surface area contributed by atoms with Crippen molar-refractivity contribution in [3.05, 3.63) is 106 Å². The van der Waals surface area contributed by atoms with Crippen LogP contribution in [0.4, 0.5) is 0 Å². The Morgan fingerprint density at radius 2 is 0.976 bits per heavy atom. The molecule has 3 aromatic carbocycles. The first-order valence-electron chi connectivity index (χ1n) is 28.8. The molecule has 11 atom stereocenters. The predicted molar refractivity (Wildman–Crippen MR) is 326 cm³/mol. The third kappa shape index (κ3) is 11.7. The SMILES string of the molecule is COc1ccc2c3c1O[C@H]1C[C@@H](O)C=C[C@@]31CCN(C)C2.COc1ccc2c3c1O[C@H]1C[C@@H](OC(=O)[C@@H](N)C(C)C)C=C[C@@]31CCN(C)C2.COc1ccc2c3c1O[C@H]1C[C@@H](OC(=O)[C@@H](NB(C)O)C(C)C)C=C[C@@]31CCN(C)C2.S.S. The van der Waals surface area contributed by atoms with Gasteiger partial charge in [-0.2, -0.15) is 27.0 Å². The number of aliphatic hydroxyl groups is 1. The van der Waals surface area contributed by atoms with Crippen molar-refractivity contribution in [3.8, 4) is 34.5 Å². The summed E-state index contributed by atoms with van der Waals surface area (Å²) in [6.45, 7) is 15.0. The molecule has 0 saturated heterocycles. The fourth-order valence-corrected chi connectivity index (χ4v) is 13.9. The number of hydrogen-bond acceptors (Lipinski definition) is 17. The molecule has 0 fully saturated rings. The highest BCUT2D eigenvalue weighted by molar-refractivity contribution is 7.59. The van der Waals surface area contributed by atoms with Crippen molar-refractivity contribution in [2.45, 2.75) is 158 Å². The van der Waals surface area contributed by atoms with Gasteiger partial charge in [0.15, 0.2) is 34.5 Å². The monoisotopic (exact) mass is 1170 g/mol. The maximum atomic E-state index is 12.8. The third-order valence-electron chi connectivity index (χ3n) is 18.3. The average Bonchev–Trinajstić information content (AvgIpc) is 3.89. The van der Waals surface area contributed by atoms with Crippen molar-refractivity contribution in [1.29, 1.82) is 0 Å². The van der Waals surface area contributed by atoms with E-state index in [4.69, 9.17) is 43.6 Å². The summed E-state index contributed by atoms with van der Waals surface area (Å²) in [7, 11) is 10.7. The number of ether oxygens (including phenoxy) is 8. The summed E-state index contributed by atoms with van der Waals surface area (Å²) in [6.07, 6.45) is 16.0. The molecule has 3 aliphatic carbocycles. The van der Waals surface area contributed by atoms with Crippen LogP contribution in [0.25, 0.3) is 0 Å². The molecule has 0 aromatic heterocycles. The van der Waals surface area contributed by atoms with Gasteiger partial charge in [0.2, 0.25) is 0 Å². The molecule has 12 rings (SSSR count). The van der Waals surface area contributed by atoms with Crippen molar-refractivity contribution in [1.82, 2.24) is 19.9 Å². The summed E-state index contributed by atoms with van der Waals surface area (Å²) in [5.41, 5.74) is 13.0. The van der Waals surface area contributed by atoms with E-state index in [9.17, 15) is 19.7 Å². The standard InChI is InChI=1S/C23H33BN2O5.C22H30N2O4.C17H21NO3.2H2S/c1-14(2)20(25-24(3)28)22(27)30-16-8-9-23-10-11-26(4)13-15-6-7-17(29-5)21(19(15)23)31-18(23)12-16;1-13(2)19(23)21(25)27-15-7-8-22-9-10-24(3)12-14-5-6-16(26-4)20(18(14)22)28-17(22)11-15;1-18-8-7-17-6-5-12(19)9-14(17)21-16-13(20-2)4-3-11(10-18)15(16)17;;/h6-9,14,16,18,20,25,28H,10-13H2,1-5H3;5-8,13,15,17,19H,9-12,23H2,1-4H3;3-6,12,14,19H,7-10H2,1-2H3;2*1H2/t16-,18-,20-,23-;15-,17-,19-,22-;12-,14-,17-;;/m000../s1. The van der Waals surface area contributed by atoms with Crippen molar-refractivity contribution in [2.75, 3.05) is 62.1 Å². The van der Waals surface area contributed by atoms with Gasteiger partial charge in [-0.3, -0.25) is 9.59 Å². The number of benzene rings is 3. The maximum Gasteiger partial charge on any atom is 0.374 e. The van der Waals surface area contributed by atoms with Crippen molar-refractivity contribution < 1.29 is 57.6 Å². The minimum atomic E-state index is -0.786. The molecule has 0 bridgehead atoms. The number of rotatable bonds is 11. The molecule has 0 radical (unpaired) electrons. The first-order valence-corrected chi connectivity index (χ1v) is 28.8. The molecule has 5 N–H and O–H groups in total. The first kappa shape index (κ1) is 63.1. The lowest BCUT2D eigenvalue weighted by atomic mass is 9.69. The van der Waals surface area contributed by atoms with Crippen LogP contribution in [-0.2, 0) is 54.9 Å². The van der Waals surface area contributed by atoms with Gasteiger partial charge in [0.1, 0.15) is 42.6 Å². The average molecular weight is 1170 g/mol. The van der Waals surface area contributed by atoms with E-state index in [0.717, 1.165) is 93.0 Å². The molecule has 9 aliphatic rings. The number of nitrogens with zero attached hydrogens (tertiary/aromatic N) is 3. The molecular formula is C62H88BN5O12S2. The minimum Gasteiger partial charge on any atom is -0.493 e. The number of aliphatic hydroxyl groups excluding tert-OH is 1. The molecule has 6 heterocycles. The van der Waals surface area contributed by atoms with Gasteiger partial charge in [0.05, 0.1) is 43.7 Å². The number of esters is 2. The summed E-state index contributed by atoms with van der Waals surface area (Å²) >= 11 is 0. The second-order valence-corrected chi connectivity index (χ2v) is 24.4. The van der Waals surface area contributed by atoms with Crippen LogP contribution in [-0.4, -0.2) is 155 Å². The van der Waals surface area contributed by atoms with E-state index in [2.05, 4.69) is 77.5 Å². The molecule has 3 spiro atoms. The van der Waals surface area contributed by atoms with E-state index in [0.29, 0.717) is 19.3 Å². The Labute approximate surface area is 499 Å². The van der Waals surface area contributed by atoms with Gasteiger partial charge < -0.3 is 73.7 Å². The van der Waals surface area contributed by atoms with Gasteiger partial charge in [-0.25, -0.2) is 0 Å². The first-order chi connectivity index (χ1) is 38.2. The van der Waals surface area contributed by atoms with Gasteiger partial charge in [0.25, 0.3) is 0 Å². The lowest BCUT2D eigenvalue weighted by molar-refractivity contribution is -0.152. The van der Waals surface area contributed by atoms with E-state index < -0.39 is 25.2 Å². The quantitative estimate of drug-likeness (QED) is 0.0912. The molecule has 3 aromatic rings. The van der Waals surface area contributed by atoms with E-state index in [1.807, 2.05) is 64.1 Å². The van der Waals surface area contributed by atoms with Crippen molar-refractivity contribution >= 4 is 46.0 Å². The second kappa shape index (κ2) is 25.4. The lowest BCUT2D eigenvalue weighted by Gasteiger charge is -2.37. The topological polar surface area (TPSA) is 196 Å². The minimum absolute atomic E-state index is 0. The van der Waals surface area contributed by atoms with Gasteiger partial charge in [-0.1, -0.05) is 70.2 Å². The molecule has 82 heavy (non-hydrogen) atoms. The predicted octanol–water partition coefficient (Wildman–Crippen LogP) is 6.59. The summed E-state index contributed by atoms with van der Waals surface area (Å²) in [5, 5.41) is 22.5. The number of nitrogens with one attached hydrogen (secondary N) is 1. The smallest absolute Gasteiger partial charge is 0.374 e. The number of nitrogens with two attached hydrogens (primary N) is 1. The van der Waals surface area contributed by atoms with Crippen LogP contribution >= 0.6 is 27.0 Å². The molecule has 6 aliphatic heterocycles. The Balaban J connectivity index is 0.000000162. The fourth-order valence-electron chi connectivity index (χ4n) is 13.9. The largest absolute Gasteiger partial charge is 0.493 e. The third-order valence-corrected chi connectivity index (χ3v) is 18.3. The summed E-state index contributed by atoms with van der Waals surface area (Å²) in [6, 6.07) is 11.2. The highest BCUT2D eigenvalue weighted by Crippen LogP contribution is 2.59. The molecule has 0 amide bonds. The molecule has 0 unspecified atom stereocenters. The zero-order valence-electron chi connectivity index (χ0n) is 49.7. The van der Waals surface area contributed by atoms with Crippen LogP contribution in [0, 0.1) is 11.8 Å². The Morgan fingerprint density at radius 3 is 1.33 bits per heavy atom. The van der Waals surface area contributed by atoms with E-state index in [1.165, 1.54) is 33.4 Å². The Bertz CT molecular complexity index is 2910. The number of carbonyl (C=O) groups excluding carboxylic acids is 2. The Kier molecular flexibility index (Phi) is 19.5. The Hall–Kier alpha value is -4.90. The molecule has 448 valence electrons. The molecule has 17 nitrogen and oxygen atoms in total. The van der Waals surface area contributed by atoms with Crippen LogP contribution in [0.2, 0.25) is 6.82 Å². The Morgan fingerprint density at radius 1 is 0.610 bits per heavy atom. The van der Waals surface area contributed by atoms with Gasteiger partial charge >= 0.3 is 19.0 Å². The number of hydrogen-bond donors (Lipinski definition) is 4. The van der Waals surface area contributed by atoms with Gasteiger partial charge in [-0.15, -0.1) is 0 Å². The van der Waals surface area contributed by atoms with E-state index in [1.54, 1.807) is 28.2 Å². The molecule has 0 saturated carbocycles. The van der Waals surface area contributed by atoms with E-state index >= 15 is 0 Å².